The molecule has 0 spiro atoms. The van der Waals surface area contributed by atoms with E-state index >= 15 is 0 Å². The summed E-state index contributed by atoms with van der Waals surface area (Å²) in [4.78, 5) is 25.7. The highest BCUT2D eigenvalue weighted by atomic mass is 32.1. The summed E-state index contributed by atoms with van der Waals surface area (Å²) in [7, 11) is 0. The Kier molecular flexibility index (Phi) is 3.55. The van der Waals surface area contributed by atoms with Crippen LogP contribution in [0.1, 0.15) is 9.67 Å². The average Bonchev–Trinajstić information content (AvgIpc) is 2.65. The van der Waals surface area contributed by atoms with Gasteiger partial charge in [-0.25, -0.2) is 4.79 Å². The average molecular weight is 216 g/mol. The molecule has 0 unspecified atom stereocenters. The topological polar surface area (TPSA) is 99.5 Å². The fraction of sp³-hybridized carbons (Fsp3) is 0.286. The third-order valence-corrected chi connectivity index (χ3v) is 2.21. The Morgan fingerprint density at radius 1 is 1.64 bits per heavy atom. The second kappa shape index (κ2) is 4.68. The first-order valence-electron chi connectivity index (χ1n) is 3.68. The van der Waals surface area contributed by atoms with Gasteiger partial charge in [0.15, 0.2) is 6.04 Å². The fourth-order valence-corrected chi connectivity index (χ4v) is 1.27. The predicted octanol–water partition coefficient (Wildman–Crippen LogP) is -0.682. The number of rotatable bonds is 4. The molecule has 3 N–H and O–H groups in total. The molecule has 1 aromatic heterocycles. The van der Waals surface area contributed by atoms with E-state index in [1.54, 1.807) is 0 Å². The summed E-state index contributed by atoms with van der Waals surface area (Å²) in [6.45, 7) is -0.639. The van der Waals surface area contributed by atoms with E-state index in [2.05, 4.69) is 10.3 Å². The number of nitrogens with zero attached hydrogens (tertiary/aromatic N) is 1. The molecule has 0 saturated heterocycles. The number of thiazole rings is 1. The maximum atomic E-state index is 11.3. The number of aliphatic hydroxyl groups is 1. The third kappa shape index (κ3) is 2.51. The van der Waals surface area contributed by atoms with Crippen LogP contribution in [-0.4, -0.2) is 39.7 Å². The van der Waals surface area contributed by atoms with Crippen LogP contribution in [0.4, 0.5) is 0 Å². The molecule has 1 aromatic rings. The number of amides is 1. The van der Waals surface area contributed by atoms with Crippen molar-refractivity contribution in [2.45, 2.75) is 6.04 Å². The summed E-state index contributed by atoms with van der Waals surface area (Å²) < 4.78 is 0. The molecule has 0 aromatic carbocycles. The molecule has 0 bridgehead atoms. The second-order valence-electron chi connectivity index (χ2n) is 2.41. The van der Waals surface area contributed by atoms with Crippen LogP contribution >= 0.6 is 11.3 Å². The number of hydrogen-bond acceptors (Lipinski definition) is 5. The van der Waals surface area contributed by atoms with E-state index in [4.69, 9.17) is 10.2 Å². The predicted molar refractivity (Wildman–Crippen MR) is 48.1 cm³/mol. The van der Waals surface area contributed by atoms with E-state index in [1.165, 1.54) is 11.7 Å². The lowest BCUT2D eigenvalue weighted by atomic mass is 10.3. The Balaban J connectivity index is 2.60. The Morgan fingerprint density at radius 3 is 2.79 bits per heavy atom. The Hall–Kier alpha value is -1.47. The summed E-state index contributed by atoms with van der Waals surface area (Å²) in [5.41, 5.74) is 1.46. The van der Waals surface area contributed by atoms with Crippen LogP contribution in [0.3, 0.4) is 0 Å². The molecule has 76 valence electrons. The molecule has 0 aliphatic carbocycles. The van der Waals surface area contributed by atoms with E-state index < -0.39 is 24.5 Å². The lowest BCUT2D eigenvalue weighted by Crippen LogP contribution is -2.43. The van der Waals surface area contributed by atoms with E-state index in [0.717, 1.165) is 11.3 Å². The zero-order valence-electron chi connectivity index (χ0n) is 7.01. The number of carbonyl (C=O) groups excluding carboxylic acids is 1. The molecule has 0 aliphatic rings. The van der Waals surface area contributed by atoms with Gasteiger partial charge in [0.2, 0.25) is 0 Å². The zero-order chi connectivity index (χ0) is 10.6. The molecule has 0 fully saturated rings. The minimum absolute atomic E-state index is 0.310. The minimum atomic E-state index is -1.27. The molecular formula is C7H8N2O4S. The van der Waals surface area contributed by atoms with Crippen molar-refractivity contribution in [2.24, 2.45) is 0 Å². The van der Waals surface area contributed by atoms with Gasteiger partial charge < -0.3 is 15.5 Å². The van der Waals surface area contributed by atoms with Crippen LogP contribution in [0.25, 0.3) is 0 Å². The molecule has 1 amide bonds. The second-order valence-corrected chi connectivity index (χ2v) is 3.30. The molecule has 14 heavy (non-hydrogen) atoms. The van der Waals surface area contributed by atoms with Crippen LogP contribution in [0.15, 0.2) is 11.7 Å². The molecule has 1 heterocycles. The molecule has 0 aliphatic heterocycles. The molecule has 6 nitrogen and oxygen atoms in total. The van der Waals surface area contributed by atoms with Gasteiger partial charge in [0, 0.05) is 0 Å². The highest BCUT2D eigenvalue weighted by molar-refractivity contribution is 7.11. The molecule has 7 heteroatoms. The van der Waals surface area contributed by atoms with Crippen molar-refractivity contribution in [2.75, 3.05) is 6.61 Å². The number of aromatic nitrogens is 1. The molecule has 0 saturated carbocycles. The first-order chi connectivity index (χ1) is 6.65. The quantitative estimate of drug-likeness (QED) is 0.619. The lowest BCUT2D eigenvalue weighted by Gasteiger charge is -2.09. The number of carboxylic acid groups (broad SMARTS) is 1. The van der Waals surface area contributed by atoms with Crippen molar-refractivity contribution in [1.29, 1.82) is 0 Å². The Bertz CT molecular complexity index is 324. The summed E-state index contributed by atoms with van der Waals surface area (Å²) in [5, 5.41) is 19.3. The Morgan fingerprint density at radius 2 is 2.36 bits per heavy atom. The Labute approximate surface area is 83.2 Å². The molecule has 1 rings (SSSR count). The fourth-order valence-electron chi connectivity index (χ4n) is 0.743. The van der Waals surface area contributed by atoms with Gasteiger partial charge in [-0.05, 0) is 0 Å². The third-order valence-electron chi connectivity index (χ3n) is 1.44. The van der Waals surface area contributed by atoms with Crippen molar-refractivity contribution in [3.8, 4) is 0 Å². The van der Waals surface area contributed by atoms with Gasteiger partial charge in [0.25, 0.3) is 5.91 Å². The number of carbonyl (C=O) groups is 2. The van der Waals surface area contributed by atoms with Gasteiger partial charge in [-0.3, -0.25) is 9.78 Å². The van der Waals surface area contributed by atoms with Crippen LogP contribution < -0.4 is 5.32 Å². The first-order valence-corrected chi connectivity index (χ1v) is 4.56. The highest BCUT2D eigenvalue weighted by Gasteiger charge is 2.19. The van der Waals surface area contributed by atoms with E-state index in [9.17, 15) is 9.59 Å². The van der Waals surface area contributed by atoms with Crippen LogP contribution in [0.5, 0.6) is 0 Å². The van der Waals surface area contributed by atoms with Gasteiger partial charge in [0.05, 0.1) is 18.3 Å². The molecule has 0 radical (unpaired) electrons. The summed E-state index contributed by atoms with van der Waals surface area (Å²) in [6, 6.07) is -1.27. The van der Waals surface area contributed by atoms with Crippen LogP contribution in [0, 0.1) is 0 Å². The first kappa shape index (κ1) is 10.6. The van der Waals surface area contributed by atoms with Crippen LogP contribution in [-0.2, 0) is 4.79 Å². The zero-order valence-corrected chi connectivity index (χ0v) is 7.82. The smallest absolute Gasteiger partial charge is 0.328 e. The van der Waals surface area contributed by atoms with Gasteiger partial charge in [-0.15, -0.1) is 11.3 Å². The largest absolute Gasteiger partial charge is 0.480 e. The number of nitrogens with one attached hydrogen (secondary N) is 1. The van der Waals surface area contributed by atoms with E-state index in [-0.39, 0.29) is 0 Å². The maximum Gasteiger partial charge on any atom is 0.328 e. The SMILES string of the molecule is O=C(N[C@H](CO)C(=O)O)c1cncs1. The summed E-state index contributed by atoms with van der Waals surface area (Å²) in [6.07, 6.45) is 1.33. The monoisotopic (exact) mass is 216 g/mol. The maximum absolute atomic E-state index is 11.3. The lowest BCUT2D eigenvalue weighted by molar-refractivity contribution is -0.140. The van der Waals surface area contributed by atoms with Crippen molar-refractivity contribution in [1.82, 2.24) is 10.3 Å². The molecule has 1 atom stereocenters. The van der Waals surface area contributed by atoms with Gasteiger partial charge in [-0.1, -0.05) is 0 Å². The van der Waals surface area contributed by atoms with Gasteiger partial charge >= 0.3 is 5.97 Å². The van der Waals surface area contributed by atoms with Crippen molar-refractivity contribution >= 4 is 23.2 Å². The number of hydrogen-bond donors (Lipinski definition) is 3. The standard InChI is InChI=1S/C7H8N2O4S/c10-2-4(7(12)13)9-6(11)5-1-8-3-14-5/h1,3-4,10H,2H2,(H,9,11)(H,12,13)/t4-/m1/s1. The van der Waals surface area contributed by atoms with Gasteiger partial charge in [0.1, 0.15) is 4.88 Å². The van der Waals surface area contributed by atoms with Crippen molar-refractivity contribution in [3.05, 3.63) is 16.6 Å². The number of aliphatic hydroxyl groups excluding tert-OH is 1. The number of carboxylic acids is 1. The normalized spacial score (nSPS) is 12.1. The van der Waals surface area contributed by atoms with Crippen molar-refractivity contribution in [3.63, 3.8) is 0 Å². The van der Waals surface area contributed by atoms with E-state index in [0.29, 0.717) is 4.88 Å². The van der Waals surface area contributed by atoms with E-state index in [1.807, 2.05) is 0 Å². The van der Waals surface area contributed by atoms with Crippen LogP contribution in [0.2, 0.25) is 0 Å². The molecular weight excluding hydrogens is 208 g/mol. The minimum Gasteiger partial charge on any atom is -0.480 e. The highest BCUT2D eigenvalue weighted by Crippen LogP contribution is 2.04. The van der Waals surface area contributed by atoms with Crippen molar-refractivity contribution < 1.29 is 19.8 Å². The summed E-state index contributed by atoms with van der Waals surface area (Å²) >= 11 is 1.10. The number of aliphatic carboxylic acids is 1. The van der Waals surface area contributed by atoms with Gasteiger partial charge in [-0.2, -0.15) is 0 Å². The summed E-state index contributed by atoms with van der Waals surface area (Å²) in [5.74, 6) is -1.82.